The summed E-state index contributed by atoms with van der Waals surface area (Å²) in [5.74, 6) is 1.06. The summed E-state index contributed by atoms with van der Waals surface area (Å²) in [6.45, 7) is 6.57. The molecule has 1 fully saturated rings. The maximum Gasteiger partial charge on any atom is 0.247 e. The molecule has 0 saturated carbocycles. The van der Waals surface area contributed by atoms with Crippen molar-refractivity contribution >= 4 is 45.9 Å². The molecular formula is C27H27N7O3. The first kappa shape index (κ1) is 23.9. The van der Waals surface area contributed by atoms with E-state index in [1.165, 1.54) is 6.08 Å². The normalized spacial score (nSPS) is 14.8. The van der Waals surface area contributed by atoms with E-state index in [1.807, 2.05) is 35.2 Å². The highest BCUT2D eigenvalue weighted by atomic mass is 16.5. The number of rotatable bonds is 8. The van der Waals surface area contributed by atoms with Crippen LogP contribution in [-0.4, -0.2) is 50.8 Å². The number of anilines is 4. The third-order valence-electron chi connectivity index (χ3n) is 6.03. The van der Waals surface area contributed by atoms with E-state index in [0.717, 1.165) is 29.7 Å². The van der Waals surface area contributed by atoms with Crippen LogP contribution >= 0.6 is 0 Å². The average Bonchev–Trinajstić information content (AvgIpc) is 3.55. The first-order chi connectivity index (χ1) is 18.0. The number of hydrogen-bond acceptors (Lipinski definition) is 7. The van der Waals surface area contributed by atoms with Crippen LogP contribution in [-0.2, 0) is 9.59 Å². The molecular weight excluding hydrogens is 470 g/mol. The standard InChI is InChI=1S/C27H27N7O3/c1-3-24(36)30-20-5-4-6-22(15-20)37-26-23-11-13-28-25(23)32-27(33-26)31-19-9-7-18(8-10-19)29-21-12-14-34(16-21)17(2)35/h3-11,13,15,21,29H,1,12,14,16H2,2H3,(H,30,36)(H2,28,31,32,33). The molecule has 188 valence electrons. The fraction of sp³-hybridized carbons (Fsp3) is 0.185. The molecule has 4 aromatic rings. The van der Waals surface area contributed by atoms with Crippen LogP contribution in [0.2, 0.25) is 0 Å². The lowest BCUT2D eigenvalue weighted by atomic mass is 10.2. The van der Waals surface area contributed by atoms with Crippen LogP contribution in [0.25, 0.3) is 11.0 Å². The van der Waals surface area contributed by atoms with Crippen molar-refractivity contribution in [3.05, 3.63) is 73.4 Å². The maximum atomic E-state index is 11.6. The monoisotopic (exact) mass is 497 g/mol. The van der Waals surface area contributed by atoms with Crippen LogP contribution in [0.4, 0.5) is 23.0 Å². The summed E-state index contributed by atoms with van der Waals surface area (Å²) in [4.78, 5) is 37.3. The summed E-state index contributed by atoms with van der Waals surface area (Å²) in [5.41, 5.74) is 3.00. The van der Waals surface area contributed by atoms with Gasteiger partial charge in [0, 0.05) is 55.4 Å². The molecule has 0 radical (unpaired) electrons. The van der Waals surface area contributed by atoms with Crippen LogP contribution in [0.3, 0.4) is 0 Å². The number of aromatic amines is 1. The minimum Gasteiger partial charge on any atom is -0.438 e. The lowest BCUT2D eigenvalue weighted by Crippen LogP contribution is -2.29. The van der Waals surface area contributed by atoms with Crippen molar-refractivity contribution < 1.29 is 14.3 Å². The van der Waals surface area contributed by atoms with Gasteiger partial charge in [0.2, 0.25) is 23.6 Å². The molecule has 10 heteroatoms. The molecule has 0 aliphatic carbocycles. The number of carbonyl (C=O) groups excluding carboxylic acids is 2. The minimum absolute atomic E-state index is 0.110. The van der Waals surface area contributed by atoms with Crippen molar-refractivity contribution in [2.75, 3.05) is 29.0 Å². The van der Waals surface area contributed by atoms with Gasteiger partial charge in [-0.25, -0.2) is 0 Å². The molecule has 1 unspecified atom stereocenters. The van der Waals surface area contributed by atoms with E-state index in [9.17, 15) is 9.59 Å². The zero-order chi connectivity index (χ0) is 25.8. The van der Waals surface area contributed by atoms with Crippen molar-refractivity contribution in [2.24, 2.45) is 0 Å². The van der Waals surface area contributed by atoms with Crippen molar-refractivity contribution in [3.63, 3.8) is 0 Å². The number of nitrogens with one attached hydrogen (secondary N) is 4. The predicted molar refractivity (Wildman–Crippen MR) is 143 cm³/mol. The first-order valence-electron chi connectivity index (χ1n) is 11.9. The van der Waals surface area contributed by atoms with Gasteiger partial charge in [0.05, 0.1) is 5.39 Å². The van der Waals surface area contributed by atoms with Crippen LogP contribution in [0.15, 0.2) is 73.4 Å². The summed E-state index contributed by atoms with van der Waals surface area (Å²) in [6, 6.07) is 16.9. The molecule has 37 heavy (non-hydrogen) atoms. The topological polar surface area (TPSA) is 124 Å². The number of amides is 2. The molecule has 1 saturated heterocycles. The van der Waals surface area contributed by atoms with E-state index in [2.05, 4.69) is 37.5 Å². The van der Waals surface area contributed by atoms with Gasteiger partial charge in [-0.1, -0.05) is 12.6 Å². The Morgan fingerprint density at radius 3 is 2.68 bits per heavy atom. The summed E-state index contributed by atoms with van der Waals surface area (Å²) >= 11 is 0. The van der Waals surface area contributed by atoms with E-state index >= 15 is 0 Å². The Kier molecular flexibility index (Phi) is 6.71. The fourth-order valence-corrected chi connectivity index (χ4v) is 4.17. The number of hydrogen-bond donors (Lipinski definition) is 4. The molecule has 1 atom stereocenters. The molecule has 5 rings (SSSR count). The number of carbonyl (C=O) groups is 2. The predicted octanol–water partition coefficient (Wildman–Crippen LogP) is 4.65. The summed E-state index contributed by atoms with van der Waals surface area (Å²) in [7, 11) is 0. The molecule has 2 aromatic heterocycles. The third kappa shape index (κ3) is 5.69. The average molecular weight is 498 g/mol. The first-order valence-corrected chi connectivity index (χ1v) is 11.9. The zero-order valence-electron chi connectivity index (χ0n) is 20.3. The second-order valence-corrected chi connectivity index (χ2v) is 8.71. The third-order valence-corrected chi connectivity index (χ3v) is 6.03. The Hall–Kier alpha value is -4.86. The van der Waals surface area contributed by atoms with Gasteiger partial charge < -0.3 is 30.6 Å². The number of benzene rings is 2. The van der Waals surface area contributed by atoms with Crippen LogP contribution in [0.1, 0.15) is 13.3 Å². The maximum absolute atomic E-state index is 11.6. The van der Waals surface area contributed by atoms with Crippen LogP contribution < -0.4 is 20.7 Å². The van der Waals surface area contributed by atoms with E-state index in [-0.39, 0.29) is 17.9 Å². The Labute approximate surface area is 213 Å². The molecule has 0 spiro atoms. The molecule has 10 nitrogen and oxygen atoms in total. The van der Waals surface area contributed by atoms with Gasteiger partial charge >= 0.3 is 0 Å². The van der Waals surface area contributed by atoms with Crippen LogP contribution in [0, 0.1) is 0 Å². The number of H-pyrrole nitrogens is 1. The van der Waals surface area contributed by atoms with Crippen LogP contribution in [0.5, 0.6) is 11.6 Å². The van der Waals surface area contributed by atoms with Crippen molar-refractivity contribution in [1.82, 2.24) is 19.9 Å². The quantitative estimate of drug-likeness (QED) is 0.261. The SMILES string of the molecule is C=CC(=O)Nc1cccc(Oc2nc(Nc3ccc(NC4CCN(C(C)=O)C4)cc3)nc3[nH]ccc23)c1. The van der Waals surface area contributed by atoms with Gasteiger partial charge in [0.1, 0.15) is 11.4 Å². The number of aromatic nitrogens is 3. The van der Waals surface area contributed by atoms with Gasteiger partial charge in [-0.2, -0.15) is 9.97 Å². The minimum atomic E-state index is -0.304. The van der Waals surface area contributed by atoms with E-state index in [4.69, 9.17) is 4.74 Å². The molecule has 3 heterocycles. The van der Waals surface area contributed by atoms with E-state index in [0.29, 0.717) is 35.5 Å². The summed E-state index contributed by atoms with van der Waals surface area (Å²) in [5, 5.41) is 10.2. The van der Waals surface area contributed by atoms with Gasteiger partial charge in [0.25, 0.3) is 0 Å². The fourth-order valence-electron chi connectivity index (χ4n) is 4.17. The number of nitrogens with zero attached hydrogens (tertiary/aromatic N) is 3. The lowest BCUT2D eigenvalue weighted by Gasteiger charge is -2.16. The van der Waals surface area contributed by atoms with Gasteiger partial charge in [0.15, 0.2) is 0 Å². The molecule has 2 aromatic carbocycles. The zero-order valence-corrected chi connectivity index (χ0v) is 20.3. The largest absolute Gasteiger partial charge is 0.438 e. The highest BCUT2D eigenvalue weighted by Gasteiger charge is 2.23. The van der Waals surface area contributed by atoms with Crippen molar-refractivity contribution in [1.29, 1.82) is 0 Å². The van der Waals surface area contributed by atoms with Gasteiger partial charge in [-0.05, 0) is 55.0 Å². The Bertz CT molecular complexity index is 1450. The Morgan fingerprint density at radius 2 is 1.92 bits per heavy atom. The molecule has 4 N–H and O–H groups in total. The second kappa shape index (κ2) is 10.4. The number of fused-ring (bicyclic) bond motifs is 1. The molecule has 2 amide bonds. The lowest BCUT2D eigenvalue weighted by molar-refractivity contribution is -0.127. The Morgan fingerprint density at radius 1 is 1.11 bits per heavy atom. The molecule has 0 bridgehead atoms. The van der Waals surface area contributed by atoms with Gasteiger partial charge in [-0.15, -0.1) is 0 Å². The second-order valence-electron chi connectivity index (χ2n) is 8.71. The smallest absolute Gasteiger partial charge is 0.247 e. The van der Waals surface area contributed by atoms with Gasteiger partial charge in [-0.3, -0.25) is 9.59 Å². The van der Waals surface area contributed by atoms with E-state index < -0.39 is 0 Å². The van der Waals surface area contributed by atoms with Crippen molar-refractivity contribution in [3.8, 4) is 11.6 Å². The Balaban J connectivity index is 1.30. The molecule has 1 aliphatic rings. The highest BCUT2D eigenvalue weighted by molar-refractivity contribution is 5.99. The van der Waals surface area contributed by atoms with Crippen molar-refractivity contribution in [2.45, 2.75) is 19.4 Å². The number of likely N-dealkylation sites (tertiary alicyclic amines) is 1. The number of ether oxygens (including phenoxy) is 1. The summed E-state index contributed by atoms with van der Waals surface area (Å²) in [6.07, 6.45) is 3.90. The molecule has 1 aliphatic heterocycles. The highest BCUT2D eigenvalue weighted by Crippen LogP contribution is 2.30. The van der Waals surface area contributed by atoms with E-state index in [1.54, 1.807) is 37.4 Å². The summed E-state index contributed by atoms with van der Waals surface area (Å²) < 4.78 is 6.08.